The average molecular weight is 390 g/mol. The van der Waals surface area contributed by atoms with E-state index >= 15 is 0 Å². The monoisotopic (exact) mass is 389 g/mol. The smallest absolute Gasteiger partial charge is 0.323 e. The highest BCUT2D eigenvalue weighted by Crippen LogP contribution is 2.42. The van der Waals surface area contributed by atoms with Gasteiger partial charge in [0.05, 0.1) is 0 Å². The van der Waals surface area contributed by atoms with Crippen LogP contribution in [0.3, 0.4) is 0 Å². The number of hydrogen-bond acceptors (Lipinski definition) is 2. The second-order valence-corrected chi connectivity index (χ2v) is 7.68. The standard InChI is InChI=1S/C19H13Cl2NO2S/c1-10-19(15-9-25-17-5-3-12(21)6-13(15)17)14-7-11(20)2-4-16(14)22(10)8-18(23)24/h2-7,9H,8H2,1H3,(H,23,24). The number of hydrogen-bond donors (Lipinski definition) is 1. The number of nitrogens with zero attached hydrogens (tertiary/aromatic N) is 1. The average Bonchev–Trinajstić information content (AvgIpc) is 3.06. The molecule has 0 spiro atoms. The molecular weight excluding hydrogens is 377 g/mol. The zero-order valence-corrected chi connectivity index (χ0v) is 15.5. The van der Waals surface area contributed by atoms with Crippen LogP contribution < -0.4 is 0 Å². The number of rotatable bonds is 3. The molecule has 126 valence electrons. The van der Waals surface area contributed by atoms with Gasteiger partial charge in [-0.3, -0.25) is 4.79 Å². The van der Waals surface area contributed by atoms with Crippen LogP contribution in [0.5, 0.6) is 0 Å². The van der Waals surface area contributed by atoms with E-state index < -0.39 is 5.97 Å². The first-order valence-electron chi connectivity index (χ1n) is 7.63. The van der Waals surface area contributed by atoms with E-state index in [1.165, 1.54) is 0 Å². The van der Waals surface area contributed by atoms with Gasteiger partial charge in [0, 0.05) is 47.9 Å². The van der Waals surface area contributed by atoms with Crippen LogP contribution in [-0.4, -0.2) is 15.6 Å². The first-order valence-corrected chi connectivity index (χ1v) is 9.26. The lowest BCUT2D eigenvalue weighted by atomic mass is 10.0. The van der Waals surface area contributed by atoms with Crippen LogP contribution in [0.1, 0.15) is 5.69 Å². The van der Waals surface area contributed by atoms with E-state index in [1.54, 1.807) is 17.4 Å². The van der Waals surface area contributed by atoms with E-state index in [9.17, 15) is 9.90 Å². The van der Waals surface area contributed by atoms with Crippen LogP contribution in [0.25, 0.3) is 32.1 Å². The molecule has 0 unspecified atom stereocenters. The van der Waals surface area contributed by atoms with Gasteiger partial charge >= 0.3 is 5.97 Å². The molecule has 6 heteroatoms. The molecule has 4 rings (SSSR count). The third-order valence-corrected chi connectivity index (χ3v) is 5.82. The van der Waals surface area contributed by atoms with Crippen molar-refractivity contribution in [3.8, 4) is 11.1 Å². The number of thiophene rings is 1. The van der Waals surface area contributed by atoms with Crippen molar-refractivity contribution in [3.05, 3.63) is 57.5 Å². The summed E-state index contributed by atoms with van der Waals surface area (Å²) in [5.74, 6) is -0.875. The number of carboxylic acids is 1. The molecule has 2 aromatic carbocycles. The number of aromatic nitrogens is 1. The minimum atomic E-state index is -0.875. The molecule has 0 saturated heterocycles. The molecule has 4 aromatic rings. The van der Waals surface area contributed by atoms with E-state index in [0.717, 1.165) is 37.8 Å². The lowest BCUT2D eigenvalue weighted by Crippen LogP contribution is -2.09. The third kappa shape index (κ3) is 2.71. The number of carbonyl (C=O) groups is 1. The zero-order chi connectivity index (χ0) is 17.7. The third-order valence-electron chi connectivity index (χ3n) is 4.38. The van der Waals surface area contributed by atoms with Crippen LogP contribution in [0.15, 0.2) is 41.8 Å². The highest BCUT2D eigenvalue weighted by molar-refractivity contribution is 7.17. The zero-order valence-electron chi connectivity index (χ0n) is 13.2. The summed E-state index contributed by atoms with van der Waals surface area (Å²) in [6, 6.07) is 11.4. The Kier molecular flexibility index (Phi) is 3.99. The van der Waals surface area contributed by atoms with Gasteiger partial charge in [-0.15, -0.1) is 11.3 Å². The molecule has 2 heterocycles. The Labute approximate surface area is 158 Å². The fourth-order valence-electron chi connectivity index (χ4n) is 3.33. The van der Waals surface area contributed by atoms with Crippen molar-refractivity contribution in [1.82, 2.24) is 4.57 Å². The normalized spacial score (nSPS) is 11.5. The van der Waals surface area contributed by atoms with Crippen molar-refractivity contribution in [1.29, 1.82) is 0 Å². The molecule has 0 aliphatic heterocycles. The summed E-state index contributed by atoms with van der Waals surface area (Å²) in [7, 11) is 0. The van der Waals surface area contributed by atoms with E-state index in [2.05, 4.69) is 5.38 Å². The first-order chi connectivity index (χ1) is 12.0. The molecular formula is C19H13Cl2NO2S. The summed E-state index contributed by atoms with van der Waals surface area (Å²) in [5.41, 5.74) is 3.82. The second-order valence-electron chi connectivity index (χ2n) is 5.89. The van der Waals surface area contributed by atoms with Crippen LogP contribution >= 0.6 is 34.5 Å². The van der Waals surface area contributed by atoms with Gasteiger partial charge in [0.2, 0.25) is 0 Å². The Morgan fingerprint density at radius 2 is 1.80 bits per heavy atom. The highest BCUT2D eigenvalue weighted by Gasteiger charge is 2.20. The van der Waals surface area contributed by atoms with E-state index in [1.807, 2.05) is 41.8 Å². The topological polar surface area (TPSA) is 42.2 Å². The van der Waals surface area contributed by atoms with Crippen molar-refractivity contribution in [2.45, 2.75) is 13.5 Å². The Hall–Kier alpha value is -2.01. The summed E-state index contributed by atoms with van der Waals surface area (Å²) in [6.45, 7) is 1.85. The van der Waals surface area contributed by atoms with Gasteiger partial charge in [-0.05, 0) is 48.7 Å². The Morgan fingerprint density at radius 3 is 2.52 bits per heavy atom. The lowest BCUT2D eigenvalue weighted by molar-refractivity contribution is -0.137. The maximum absolute atomic E-state index is 11.3. The van der Waals surface area contributed by atoms with E-state index in [0.29, 0.717) is 10.0 Å². The quantitative estimate of drug-likeness (QED) is 0.451. The number of benzene rings is 2. The second kappa shape index (κ2) is 6.06. The molecule has 0 atom stereocenters. The van der Waals surface area contributed by atoms with Crippen LogP contribution in [0.2, 0.25) is 10.0 Å². The van der Waals surface area contributed by atoms with Crippen molar-refractivity contribution >= 4 is 61.5 Å². The number of fused-ring (bicyclic) bond motifs is 2. The van der Waals surface area contributed by atoms with Crippen molar-refractivity contribution < 1.29 is 9.90 Å². The molecule has 2 aromatic heterocycles. The first kappa shape index (κ1) is 16.5. The molecule has 0 radical (unpaired) electrons. The fraction of sp³-hybridized carbons (Fsp3) is 0.105. The molecule has 0 bridgehead atoms. The number of aliphatic carboxylic acids is 1. The van der Waals surface area contributed by atoms with E-state index in [4.69, 9.17) is 23.2 Å². The molecule has 0 aliphatic carbocycles. The molecule has 0 amide bonds. The summed E-state index contributed by atoms with van der Waals surface area (Å²) < 4.78 is 2.96. The summed E-state index contributed by atoms with van der Waals surface area (Å²) in [4.78, 5) is 11.3. The molecule has 0 saturated carbocycles. The van der Waals surface area contributed by atoms with Gasteiger partial charge in [0.25, 0.3) is 0 Å². The van der Waals surface area contributed by atoms with Gasteiger partial charge in [-0.1, -0.05) is 23.2 Å². The number of halogens is 2. The Bertz CT molecular complexity index is 1140. The van der Waals surface area contributed by atoms with Crippen LogP contribution in [0, 0.1) is 6.92 Å². The maximum atomic E-state index is 11.3. The van der Waals surface area contributed by atoms with Crippen LogP contribution in [0.4, 0.5) is 0 Å². The summed E-state index contributed by atoms with van der Waals surface area (Å²) in [6.07, 6.45) is 0. The maximum Gasteiger partial charge on any atom is 0.323 e. The van der Waals surface area contributed by atoms with Gasteiger partial charge in [0.1, 0.15) is 6.54 Å². The van der Waals surface area contributed by atoms with Gasteiger partial charge in [0.15, 0.2) is 0 Å². The van der Waals surface area contributed by atoms with Crippen molar-refractivity contribution in [2.24, 2.45) is 0 Å². The molecule has 0 fully saturated rings. The Balaban J connectivity index is 2.09. The summed E-state index contributed by atoms with van der Waals surface area (Å²) >= 11 is 14.1. The molecule has 25 heavy (non-hydrogen) atoms. The van der Waals surface area contributed by atoms with Crippen molar-refractivity contribution in [2.75, 3.05) is 0 Å². The fourth-order valence-corrected chi connectivity index (χ4v) is 4.60. The number of carboxylic acid groups (broad SMARTS) is 1. The predicted octanol–water partition coefficient (Wildman–Crippen LogP) is 6.22. The predicted molar refractivity (Wildman–Crippen MR) is 105 cm³/mol. The van der Waals surface area contributed by atoms with Gasteiger partial charge in [-0.25, -0.2) is 0 Å². The molecule has 0 aliphatic rings. The Morgan fingerprint density at radius 1 is 1.12 bits per heavy atom. The lowest BCUT2D eigenvalue weighted by Gasteiger charge is -2.05. The molecule has 3 nitrogen and oxygen atoms in total. The van der Waals surface area contributed by atoms with Gasteiger partial charge in [-0.2, -0.15) is 0 Å². The molecule has 1 N–H and O–H groups in total. The highest BCUT2D eigenvalue weighted by atomic mass is 35.5. The minimum Gasteiger partial charge on any atom is -0.480 e. The largest absolute Gasteiger partial charge is 0.480 e. The minimum absolute atomic E-state index is 0.0905. The van der Waals surface area contributed by atoms with Gasteiger partial charge < -0.3 is 9.67 Å². The van der Waals surface area contributed by atoms with E-state index in [-0.39, 0.29) is 6.54 Å². The van der Waals surface area contributed by atoms with Crippen molar-refractivity contribution in [3.63, 3.8) is 0 Å². The summed E-state index contributed by atoms with van der Waals surface area (Å²) in [5, 5.41) is 14.7. The SMILES string of the molecule is Cc1c(-c2csc3ccc(Cl)cc23)c2cc(Cl)ccc2n1CC(=O)O. The van der Waals surface area contributed by atoms with Crippen LogP contribution in [-0.2, 0) is 11.3 Å².